The third kappa shape index (κ3) is 3.73. The van der Waals surface area contributed by atoms with E-state index < -0.39 is 0 Å². The van der Waals surface area contributed by atoms with Gasteiger partial charge in [0.2, 0.25) is 0 Å². The van der Waals surface area contributed by atoms with Crippen molar-refractivity contribution in [2.24, 2.45) is 10.3 Å². The molecule has 30 heavy (non-hydrogen) atoms. The van der Waals surface area contributed by atoms with Crippen LogP contribution in [0.25, 0.3) is 21.5 Å². The maximum absolute atomic E-state index is 4.65. The summed E-state index contributed by atoms with van der Waals surface area (Å²) in [7, 11) is 0. The van der Waals surface area contributed by atoms with Crippen molar-refractivity contribution in [1.82, 2.24) is 15.0 Å². The van der Waals surface area contributed by atoms with Crippen molar-refractivity contribution in [2.75, 3.05) is 23.4 Å². The van der Waals surface area contributed by atoms with Gasteiger partial charge in [0.05, 0.1) is 46.2 Å². The Balaban J connectivity index is 1.40. The molecule has 150 valence electrons. The summed E-state index contributed by atoms with van der Waals surface area (Å²) in [6, 6.07) is 16.7. The molecule has 1 aliphatic heterocycles. The van der Waals surface area contributed by atoms with Crippen LogP contribution in [0.2, 0.25) is 0 Å². The van der Waals surface area contributed by atoms with E-state index in [-0.39, 0.29) is 6.04 Å². The second-order valence-electron chi connectivity index (χ2n) is 7.26. The Bertz CT molecular complexity index is 1230. The lowest BCUT2D eigenvalue weighted by Crippen LogP contribution is -2.15. The molecule has 0 aliphatic carbocycles. The molecule has 0 radical (unpaired) electrons. The lowest BCUT2D eigenvalue weighted by Gasteiger charge is -2.18. The summed E-state index contributed by atoms with van der Waals surface area (Å²) in [5, 5.41) is 13.7. The fraction of sp³-hybridized carbons (Fsp3) is 0.227. The molecule has 2 aromatic heterocycles. The van der Waals surface area contributed by atoms with Gasteiger partial charge in [0.25, 0.3) is 0 Å². The molecule has 3 heterocycles. The van der Waals surface area contributed by atoms with Gasteiger partial charge in [0, 0.05) is 11.6 Å². The highest BCUT2D eigenvalue weighted by atomic mass is 32.1. The number of rotatable bonds is 5. The molecule has 0 bridgehead atoms. The number of fused-ring (bicyclic) bond motifs is 1. The summed E-state index contributed by atoms with van der Waals surface area (Å²) in [6.07, 6.45) is 0. The molecule has 2 aromatic carbocycles. The zero-order valence-electron chi connectivity index (χ0n) is 16.8. The van der Waals surface area contributed by atoms with Gasteiger partial charge >= 0.3 is 0 Å². The fourth-order valence-corrected chi connectivity index (χ4v) is 4.27. The van der Waals surface area contributed by atoms with Gasteiger partial charge in [-0.1, -0.05) is 23.4 Å². The molecule has 1 atom stereocenters. The lowest BCUT2D eigenvalue weighted by molar-refractivity contribution is 0.862. The van der Waals surface area contributed by atoms with Crippen LogP contribution in [0.5, 0.6) is 0 Å². The molecule has 0 amide bonds. The van der Waals surface area contributed by atoms with Gasteiger partial charge in [-0.15, -0.1) is 11.3 Å². The first-order valence-electron chi connectivity index (χ1n) is 9.86. The van der Waals surface area contributed by atoms with E-state index in [9.17, 15) is 0 Å². The quantitative estimate of drug-likeness (QED) is 0.471. The van der Waals surface area contributed by atoms with Crippen molar-refractivity contribution in [3.05, 3.63) is 65.4 Å². The Hall–Kier alpha value is -3.39. The van der Waals surface area contributed by atoms with Gasteiger partial charge in [-0.2, -0.15) is 5.11 Å². The number of aromatic nitrogens is 3. The van der Waals surface area contributed by atoms with Crippen LogP contribution in [-0.2, 0) is 0 Å². The first-order chi connectivity index (χ1) is 14.7. The topological polar surface area (TPSA) is 78.7 Å². The first kappa shape index (κ1) is 18.6. The average Bonchev–Trinajstić information content (AvgIpc) is 3.45. The summed E-state index contributed by atoms with van der Waals surface area (Å²) < 4.78 is 1.16. The Labute approximate surface area is 178 Å². The second kappa shape index (κ2) is 7.79. The Morgan fingerprint density at radius 1 is 1.10 bits per heavy atom. The highest BCUT2D eigenvalue weighted by Gasteiger charge is 2.14. The summed E-state index contributed by atoms with van der Waals surface area (Å²) in [5.41, 5.74) is 7.07. The first-order valence-corrected chi connectivity index (χ1v) is 10.7. The SMILES string of the molecule is Cc1nc(NC(C)c2cccc(N3CCN=N3)c2)cc(-c2ccc3ncsc3c2)n1. The highest BCUT2D eigenvalue weighted by Crippen LogP contribution is 2.28. The fourth-order valence-electron chi connectivity index (χ4n) is 3.55. The van der Waals surface area contributed by atoms with E-state index in [1.165, 1.54) is 5.56 Å². The van der Waals surface area contributed by atoms with Crippen LogP contribution in [-0.4, -0.2) is 28.0 Å². The number of anilines is 2. The van der Waals surface area contributed by atoms with Crippen molar-refractivity contribution in [1.29, 1.82) is 0 Å². The second-order valence-corrected chi connectivity index (χ2v) is 8.15. The summed E-state index contributed by atoms with van der Waals surface area (Å²) >= 11 is 1.64. The van der Waals surface area contributed by atoms with Gasteiger partial charge in [0.1, 0.15) is 11.6 Å². The van der Waals surface area contributed by atoms with Crippen molar-refractivity contribution < 1.29 is 0 Å². The van der Waals surface area contributed by atoms with E-state index in [0.29, 0.717) is 0 Å². The smallest absolute Gasteiger partial charge is 0.130 e. The average molecular weight is 416 g/mol. The highest BCUT2D eigenvalue weighted by molar-refractivity contribution is 7.16. The van der Waals surface area contributed by atoms with E-state index in [4.69, 9.17) is 0 Å². The van der Waals surface area contributed by atoms with Crippen molar-refractivity contribution in [3.8, 4) is 11.3 Å². The number of hydrogen-bond donors (Lipinski definition) is 1. The van der Waals surface area contributed by atoms with E-state index in [1.54, 1.807) is 11.3 Å². The molecule has 4 aromatic rings. The Morgan fingerprint density at radius 3 is 2.90 bits per heavy atom. The van der Waals surface area contributed by atoms with Crippen LogP contribution in [0.1, 0.15) is 24.4 Å². The number of nitrogens with zero attached hydrogens (tertiary/aromatic N) is 6. The minimum absolute atomic E-state index is 0.0793. The van der Waals surface area contributed by atoms with Crippen LogP contribution >= 0.6 is 11.3 Å². The monoisotopic (exact) mass is 415 g/mol. The molecule has 7 nitrogen and oxygen atoms in total. The molecular weight excluding hydrogens is 394 g/mol. The molecular formula is C22H21N7S. The number of benzene rings is 2. The van der Waals surface area contributed by atoms with E-state index >= 15 is 0 Å². The molecule has 0 saturated heterocycles. The largest absolute Gasteiger partial charge is 0.363 e. The van der Waals surface area contributed by atoms with Crippen LogP contribution in [0.3, 0.4) is 0 Å². The predicted octanol–water partition coefficient (Wildman–Crippen LogP) is 5.42. The van der Waals surface area contributed by atoms with Gasteiger partial charge in [-0.3, -0.25) is 0 Å². The molecule has 0 fully saturated rings. The van der Waals surface area contributed by atoms with Crippen molar-refractivity contribution in [2.45, 2.75) is 19.9 Å². The van der Waals surface area contributed by atoms with Gasteiger partial charge in [0.15, 0.2) is 0 Å². The van der Waals surface area contributed by atoms with Crippen LogP contribution < -0.4 is 10.3 Å². The molecule has 1 unspecified atom stereocenters. The number of thiazole rings is 1. The third-order valence-electron chi connectivity index (χ3n) is 5.08. The molecule has 1 N–H and O–H groups in total. The third-order valence-corrected chi connectivity index (χ3v) is 5.87. The Kier molecular flexibility index (Phi) is 4.84. The molecule has 0 saturated carbocycles. The number of nitrogens with one attached hydrogen (secondary N) is 1. The maximum atomic E-state index is 4.65. The van der Waals surface area contributed by atoms with Gasteiger partial charge < -0.3 is 5.32 Å². The molecule has 1 aliphatic rings. The standard InChI is InChI=1S/C22H21N7S/c1-14(16-4-3-5-18(10-16)29-9-8-24-28-29)25-22-12-20(26-15(2)27-22)17-6-7-19-21(11-17)30-13-23-19/h3-7,10-14H,8-9H2,1-2H3,(H,25,26,27). The van der Waals surface area contributed by atoms with Crippen LogP contribution in [0.15, 0.2) is 64.4 Å². The van der Waals surface area contributed by atoms with E-state index in [0.717, 1.165) is 51.9 Å². The van der Waals surface area contributed by atoms with E-state index in [1.807, 2.05) is 29.6 Å². The summed E-state index contributed by atoms with van der Waals surface area (Å²) in [6.45, 7) is 5.62. The summed E-state index contributed by atoms with van der Waals surface area (Å²) in [5.74, 6) is 1.54. The minimum atomic E-state index is 0.0793. The minimum Gasteiger partial charge on any atom is -0.363 e. The maximum Gasteiger partial charge on any atom is 0.130 e. The zero-order valence-corrected chi connectivity index (χ0v) is 17.6. The number of aryl methyl sites for hydroxylation is 1. The molecule has 8 heteroatoms. The molecule has 0 spiro atoms. The normalized spacial score (nSPS) is 14.4. The van der Waals surface area contributed by atoms with Crippen LogP contribution in [0, 0.1) is 6.92 Å². The Morgan fingerprint density at radius 2 is 2.03 bits per heavy atom. The van der Waals surface area contributed by atoms with E-state index in [2.05, 4.69) is 73.9 Å². The predicted molar refractivity (Wildman–Crippen MR) is 121 cm³/mol. The zero-order chi connectivity index (χ0) is 20.5. The number of hydrogen-bond acceptors (Lipinski definition) is 8. The summed E-state index contributed by atoms with van der Waals surface area (Å²) in [4.78, 5) is 13.6. The van der Waals surface area contributed by atoms with Crippen molar-refractivity contribution >= 4 is 33.1 Å². The lowest BCUT2D eigenvalue weighted by atomic mass is 10.1. The van der Waals surface area contributed by atoms with Gasteiger partial charge in [-0.05, 0) is 43.7 Å². The van der Waals surface area contributed by atoms with Crippen LogP contribution in [0.4, 0.5) is 11.5 Å². The molecule has 5 rings (SSSR count). The van der Waals surface area contributed by atoms with Gasteiger partial charge in [-0.25, -0.2) is 20.0 Å². The van der Waals surface area contributed by atoms with Crippen molar-refractivity contribution in [3.63, 3.8) is 0 Å².